The average molecular weight is 267 g/mol. The second-order valence-corrected chi connectivity index (χ2v) is 4.69. The lowest BCUT2D eigenvalue weighted by Gasteiger charge is -2.22. The molecular weight excluding hydrogens is 245 g/mol. The smallest absolute Gasteiger partial charge is 0.236 e. The van der Waals surface area contributed by atoms with Crippen LogP contribution >= 0.6 is 0 Å². The molecule has 0 aliphatic rings. The molecule has 0 atom stereocenters. The highest BCUT2D eigenvalue weighted by molar-refractivity contribution is 5.77. The number of likely N-dealkylation sites (N-methyl/N-ethyl adjacent to an activating group) is 2. The number of carbonyl (C=O) groups is 1. The third kappa shape index (κ3) is 4.29. The van der Waals surface area contributed by atoms with E-state index in [0.29, 0.717) is 24.2 Å². The summed E-state index contributed by atoms with van der Waals surface area (Å²) in [6.45, 7) is 3.52. The molecule has 1 aromatic carbocycles. The number of nitrogens with two attached hydrogens (primary N) is 1. The van der Waals surface area contributed by atoms with E-state index in [0.717, 1.165) is 0 Å². The van der Waals surface area contributed by atoms with Crippen molar-refractivity contribution in [2.24, 2.45) is 5.73 Å². The van der Waals surface area contributed by atoms with Crippen LogP contribution in [0.3, 0.4) is 0 Å². The lowest BCUT2D eigenvalue weighted by molar-refractivity contribution is -0.130. The Labute approximate surface area is 114 Å². The summed E-state index contributed by atoms with van der Waals surface area (Å²) in [7, 11) is 3.43. The van der Waals surface area contributed by atoms with E-state index in [1.807, 2.05) is 11.8 Å². The first-order valence-corrected chi connectivity index (χ1v) is 6.38. The second kappa shape index (κ2) is 7.21. The molecule has 0 heterocycles. The predicted octanol–water partition coefficient (Wildman–Crippen LogP) is 1.19. The van der Waals surface area contributed by atoms with Crippen molar-refractivity contribution in [3.8, 4) is 0 Å². The maximum Gasteiger partial charge on any atom is 0.236 e. The molecule has 2 N–H and O–H groups in total. The van der Waals surface area contributed by atoms with Crippen LogP contribution in [0.5, 0.6) is 0 Å². The van der Waals surface area contributed by atoms with E-state index in [2.05, 4.69) is 0 Å². The van der Waals surface area contributed by atoms with Crippen molar-refractivity contribution in [2.45, 2.75) is 20.0 Å². The van der Waals surface area contributed by atoms with Crippen LogP contribution in [0.4, 0.5) is 4.39 Å². The van der Waals surface area contributed by atoms with Crippen molar-refractivity contribution in [1.82, 2.24) is 9.80 Å². The maximum atomic E-state index is 14.1. The van der Waals surface area contributed by atoms with E-state index in [4.69, 9.17) is 5.73 Å². The molecule has 5 heteroatoms. The summed E-state index contributed by atoms with van der Waals surface area (Å²) < 4.78 is 14.1. The lowest BCUT2D eigenvalue weighted by atomic mass is 10.1. The number of halogens is 1. The molecular formula is C14H22FN3O. The van der Waals surface area contributed by atoms with Gasteiger partial charge in [0.25, 0.3) is 0 Å². The molecule has 0 unspecified atom stereocenters. The number of benzene rings is 1. The van der Waals surface area contributed by atoms with Gasteiger partial charge in [-0.15, -0.1) is 0 Å². The van der Waals surface area contributed by atoms with Gasteiger partial charge in [0.1, 0.15) is 5.82 Å². The van der Waals surface area contributed by atoms with Gasteiger partial charge in [0.05, 0.1) is 6.54 Å². The summed E-state index contributed by atoms with van der Waals surface area (Å²) in [5, 5.41) is 0. The molecule has 1 amide bonds. The molecule has 19 heavy (non-hydrogen) atoms. The van der Waals surface area contributed by atoms with Crippen molar-refractivity contribution in [3.05, 3.63) is 35.1 Å². The van der Waals surface area contributed by atoms with Gasteiger partial charge in [-0.05, 0) is 6.54 Å². The van der Waals surface area contributed by atoms with Crippen molar-refractivity contribution < 1.29 is 9.18 Å². The summed E-state index contributed by atoms with van der Waals surface area (Å²) in [5.41, 5.74) is 6.58. The molecule has 0 bridgehead atoms. The summed E-state index contributed by atoms with van der Waals surface area (Å²) in [6.07, 6.45) is 0. The Hall–Kier alpha value is -1.46. The van der Waals surface area contributed by atoms with Gasteiger partial charge in [-0.1, -0.05) is 25.1 Å². The van der Waals surface area contributed by atoms with Crippen molar-refractivity contribution in [3.63, 3.8) is 0 Å². The third-order valence-corrected chi connectivity index (χ3v) is 3.08. The highest BCUT2D eigenvalue weighted by Crippen LogP contribution is 2.14. The van der Waals surface area contributed by atoms with Crippen LogP contribution < -0.4 is 5.73 Å². The fourth-order valence-corrected chi connectivity index (χ4v) is 1.77. The monoisotopic (exact) mass is 267 g/mol. The minimum Gasteiger partial charge on any atom is -0.348 e. The fourth-order valence-electron chi connectivity index (χ4n) is 1.77. The highest BCUT2D eigenvalue weighted by Gasteiger charge is 2.14. The van der Waals surface area contributed by atoms with E-state index in [1.54, 1.807) is 32.3 Å². The number of nitrogens with zero attached hydrogens (tertiary/aromatic N) is 2. The Morgan fingerprint density at radius 2 is 1.95 bits per heavy atom. The number of hydrogen-bond acceptors (Lipinski definition) is 3. The average Bonchev–Trinajstić information content (AvgIpc) is 2.39. The molecule has 0 aliphatic heterocycles. The van der Waals surface area contributed by atoms with Crippen LogP contribution in [0.15, 0.2) is 18.2 Å². The van der Waals surface area contributed by atoms with Gasteiger partial charge in [0.15, 0.2) is 0 Å². The maximum absolute atomic E-state index is 14.1. The zero-order valence-corrected chi connectivity index (χ0v) is 11.8. The summed E-state index contributed by atoms with van der Waals surface area (Å²) in [5.74, 6) is -0.252. The van der Waals surface area contributed by atoms with E-state index in [-0.39, 0.29) is 24.8 Å². The molecule has 4 nitrogen and oxygen atoms in total. The van der Waals surface area contributed by atoms with E-state index in [1.165, 1.54) is 4.90 Å². The number of rotatable bonds is 6. The van der Waals surface area contributed by atoms with Crippen LogP contribution in [-0.4, -0.2) is 42.9 Å². The Kier molecular flexibility index (Phi) is 5.92. The molecule has 0 saturated carbocycles. The molecule has 0 aliphatic carbocycles. The Balaban J connectivity index is 2.79. The first-order chi connectivity index (χ1) is 8.99. The third-order valence-electron chi connectivity index (χ3n) is 3.08. The van der Waals surface area contributed by atoms with Crippen LogP contribution in [0.2, 0.25) is 0 Å². The van der Waals surface area contributed by atoms with Gasteiger partial charge in [0.2, 0.25) is 5.91 Å². The van der Waals surface area contributed by atoms with Gasteiger partial charge >= 0.3 is 0 Å². The predicted molar refractivity (Wildman–Crippen MR) is 73.9 cm³/mol. The zero-order chi connectivity index (χ0) is 14.4. The molecule has 1 rings (SSSR count). The fraction of sp³-hybridized carbons (Fsp3) is 0.500. The molecule has 106 valence electrons. The van der Waals surface area contributed by atoms with Crippen molar-refractivity contribution in [2.75, 3.05) is 27.2 Å². The van der Waals surface area contributed by atoms with Gasteiger partial charge in [0, 0.05) is 38.3 Å². The van der Waals surface area contributed by atoms with Gasteiger partial charge in [-0.25, -0.2) is 4.39 Å². The standard InChI is InChI=1S/C14H22FN3O/c1-4-18(10-13(19)17(2)3)9-12-7-5-6-11(8-16)14(12)15/h5-7H,4,8-10,16H2,1-3H3. The summed E-state index contributed by atoms with van der Waals surface area (Å²) in [4.78, 5) is 15.1. The van der Waals surface area contributed by atoms with Crippen LogP contribution in [0, 0.1) is 5.82 Å². The molecule has 0 radical (unpaired) electrons. The number of hydrogen-bond donors (Lipinski definition) is 1. The number of amides is 1. The largest absolute Gasteiger partial charge is 0.348 e. The van der Waals surface area contributed by atoms with Gasteiger partial charge in [-0.3, -0.25) is 9.69 Å². The van der Waals surface area contributed by atoms with Crippen LogP contribution in [-0.2, 0) is 17.9 Å². The van der Waals surface area contributed by atoms with Crippen LogP contribution in [0.25, 0.3) is 0 Å². The second-order valence-electron chi connectivity index (χ2n) is 4.69. The molecule has 0 saturated heterocycles. The molecule has 0 aromatic heterocycles. The summed E-state index contributed by atoms with van der Waals surface area (Å²) >= 11 is 0. The van der Waals surface area contributed by atoms with E-state index < -0.39 is 0 Å². The van der Waals surface area contributed by atoms with Gasteiger partial charge in [-0.2, -0.15) is 0 Å². The molecule has 1 aromatic rings. The van der Waals surface area contributed by atoms with E-state index >= 15 is 0 Å². The zero-order valence-electron chi connectivity index (χ0n) is 11.8. The van der Waals surface area contributed by atoms with Crippen molar-refractivity contribution in [1.29, 1.82) is 0 Å². The Morgan fingerprint density at radius 1 is 1.32 bits per heavy atom. The normalized spacial score (nSPS) is 10.8. The first kappa shape index (κ1) is 15.6. The van der Waals surface area contributed by atoms with Crippen LogP contribution in [0.1, 0.15) is 18.1 Å². The Morgan fingerprint density at radius 3 is 2.47 bits per heavy atom. The topological polar surface area (TPSA) is 49.6 Å². The first-order valence-electron chi connectivity index (χ1n) is 6.38. The minimum atomic E-state index is -0.263. The van der Waals surface area contributed by atoms with E-state index in [9.17, 15) is 9.18 Å². The van der Waals surface area contributed by atoms with Crippen molar-refractivity contribution >= 4 is 5.91 Å². The minimum absolute atomic E-state index is 0.0113. The molecule has 0 fully saturated rings. The van der Waals surface area contributed by atoms with Gasteiger partial charge < -0.3 is 10.6 Å². The Bertz CT molecular complexity index is 435. The SMILES string of the molecule is CCN(CC(=O)N(C)C)Cc1cccc(CN)c1F. The number of carbonyl (C=O) groups excluding carboxylic acids is 1. The lowest BCUT2D eigenvalue weighted by Crippen LogP contribution is -2.36. The molecule has 0 spiro atoms. The summed E-state index contributed by atoms with van der Waals surface area (Å²) in [6, 6.07) is 5.21. The quantitative estimate of drug-likeness (QED) is 0.842. The highest BCUT2D eigenvalue weighted by atomic mass is 19.1.